The quantitative estimate of drug-likeness (QED) is 0.731. The second-order valence-corrected chi connectivity index (χ2v) is 6.35. The number of H-pyrrole nitrogens is 1. The molecule has 0 bridgehead atoms. The number of aryl methyl sites for hydroxylation is 1. The summed E-state index contributed by atoms with van der Waals surface area (Å²) < 4.78 is 0.893. The van der Waals surface area contributed by atoms with Crippen LogP contribution < -0.4 is 5.56 Å². The van der Waals surface area contributed by atoms with E-state index in [4.69, 9.17) is 0 Å². The van der Waals surface area contributed by atoms with Gasteiger partial charge in [0, 0.05) is 9.85 Å². The number of halogens is 1. The molecule has 106 valence electrons. The molecular formula is C14H10BrN3O2S. The van der Waals surface area contributed by atoms with Crippen LogP contribution in [-0.4, -0.2) is 20.1 Å². The van der Waals surface area contributed by atoms with Crippen molar-refractivity contribution in [1.29, 1.82) is 0 Å². The number of aromatic amines is 1. The van der Waals surface area contributed by atoms with Gasteiger partial charge >= 0.3 is 0 Å². The van der Waals surface area contributed by atoms with Crippen LogP contribution in [0, 0.1) is 6.92 Å². The van der Waals surface area contributed by atoms with E-state index in [0.29, 0.717) is 11.3 Å². The van der Waals surface area contributed by atoms with E-state index < -0.39 is 5.56 Å². The van der Waals surface area contributed by atoms with Crippen LogP contribution >= 0.6 is 27.3 Å². The Labute approximate surface area is 132 Å². The summed E-state index contributed by atoms with van der Waals surface area (Å²) in [5, 5.41) is 12.7. The van der Waals surface area contributed by atoms with Crippen LogP contribution in [0.4, 0.5) is 0 Å². The van der Waals surface area contributed by atoms with Crippen molar-refractivity contribution in [3.63, 3.8) is 0 Å². The Bertz CT molecular complexity index is 855. The van der Waals surface area contributed by atoms with Crippen LogP contribution in [0.5, 0.6) is 5.88 Å². The highest BCUT2D eigenvalue weighted by molar-refractivity contribution is 9.10. The van der Waals surface area contributed by atoms with E-state index in [1.165, 1.54) is 11.3 Å². The predicted molar refractivity (Wildman–Crippen MR) is 85.5 cm³/mol. The second-order valence-electron chi connectivity index (χ2n) is 4.37. The smallest absolute Gasteiger partial charge is 0.262 e. The summed E-state index contributed by atoms with van der Waals surface area (Å²) in [6.45, 7) is 1.86. The highest BCUT2D eigenvalue weighted by atomic mass is 79.9. The van der Waals surface area contributed by atoms with Gasteiger partial charge in [0.2, 0.25) is 5.88 Å². The molecule has 2 aromatic heterocycles. The van der Waals surface area contributed by atoms with Gasteiger partial charge in [-0.05, 0) is 24.6 Å². The number of thiazole rings is 1. The lowest BCUT2D eigenvalue weighted by molar-refractivity contribution is 0.454. The second kappa shape index (κ2) is 5.42. The van der Waals surface area contributed by atoms with Crippen molar-refractivity contribution in [1.82, 2.24) is 15.0 Å². The minimum absolute atomic E-state index is 0.151. The molecule has 0 saturated carbocycles. The number of hydrogen-bond acceptors (Lipinski definition) is 5. The van der Waals surface area contributed by atoms with Gasteiger partial charge in [-0.15, -0.1) is 11.3 Å². The van der Waals surface area contributed by atoms with Crippen LogP contribution in [0.1, 0.15) is 5.01 Å². The summed E-state index contributed by atoms with van der Waals surface area (Å²) in [5.41, 5.74) is 0.904. The Morgan fingerprint density at radius 2 is 1.95 bits per heavy atom. The van der Waals surface area contributed by atoms with Crippen molar-refractivity contribution in [2.45, 2.75) is 6.92 Å². The van der Waals surface area contributed by atoms with Crippen molar-refractivity contribution in [2.24, 2.45) is 0 Å². The first-order valence-corrected chi connectivity index (χ1v) is 7.73. The molecule has 21 heavy (non-hydrogen) atoms. The molecule has 3 aromatic rings. The summed E-state index contributed by atoms with van der Waals surface area (Å²) in [7, 11) is 0. The third-order valence-electron chi connectivity index (χ3n) is 2.89. The molecule has 0 amide bonds. The largest absolute Gasteiger partial charge is 0.493 e. The van der Waals surface area contributed by atoms with Crippen molar-refractivity contribution in [3.05, 3.63) is 49.5 Å². The summed E-state index contributed by atoms with van der Waals surface area (Å²) >= 11 is 4.78. The van der Waals surface area contributed by atoms with Crippen molar-refractivity contribution in [3.8, 4) is 28.5 Å². The molecule has 1 aromatic carbocycles. The van der Waals surface area contributed by atoms with Gasteiger partial charge in [0.25, 0.3) is 5.56 Å². The highest BCUT2D eigenvalue weighted by Crippen LogP contribution is 2.27. The van der Waals surface area contributed by atoms with Crippen molar-refractivity contribution in [2.75, 3.05) is 0 Å². The molecule has 7 heteroatoms. The van der Waals surface area contributed by atoms with E-state index in [2.05, 4.69) is 30.9 Å². The Kier molecular flexibility index (Phi) is 3.60. The summed E-state index contributed by atoms with van der Waals surface area (Å²) in [6, 6.07) is 7.07. The van der Waals surface area contributed by atoms with Gasteiger partial charge in [0.05, 0.1) is 5.01 Å². The van der Waals surface area contributed by atoms with E-state index in [1.807, 2.05) is 6.92 Å². The lowest BCUT2D eigenvalue weighted by Gasteiger charge is -2.05. The van der Waals surface area contributed by atoms with Crippen molar-refractivity contribution < 1.29 is 5.11 Å². The maximum atomic E-state index is 12.2. The van der Waals surface area contributed by atoms with Gasteiger partial charge < -0.3 is 10.1 Å². The zero-order valence-electron chi connectivity index (χ0n) is 10.9. The van der Waals surface area contributed by atoms with Crippen LogP contribution in [-0.2, 0) is 0 Å². The molecule has 0 fully saturated rings. The maximum Gasteiger partial charge on any atom is 0.262 e. The van der Waals surface area contributed by atoms with Crippen LogP contribution in [0.3, 0.4) is 0 Å². The number of rotatable bonds is 2. The third-order valence-corrected chi connectivity index (χ3v) is 4.20. The molecule has 2 N–H and O–H groups in total. The molecule has 0 saturated heterocycles. The Hall–Kier alpha value is -1.99. The summed E-state index contributed by atoms with van der Waals surface area (Å²) in [5.74, 6) is -0.0376. The Balaban J connectivity index is 2.12. The number of aromatic nitrogens is 3. The van der Waals surface area contributed by atoms with Gasteiger partial charge in [-0.3, -0.25) is 4.79 Å². The van der Waals surface area contributed by atoms with Gasteiger partial charge in [-0.2, -0.15) is 4.98 Å². The first-order chi connectivity index (χ1) is 10.0. The highest BCUT2D eigenvalue weighted by Gasteiger charge is 2.15. The zero-order chi connectivity index (χ0) is 15.0. The summed E-state index contributed by atoms with van der Waals surface area (Å²) in [6.07, 6.45) is 0. The fourth-order valence-corrected chi connectivity index (χ4v) is 2.79. The Morgan fingerprint density at radius 3 is 2.52 bits per heavy atom. The van der Waals surface area contributed by atoms with E-state index in [1.54, 1.807) is 29.6 Å². The molecule has 3 rings (SSSR count). The number of aromatic hydroxyl groups is 1. The SMILES string of the molecule is Cc1nc(-c2nc(O)c(-c3ccc(Br)cc3)c(=O)[nH]2)cs1. The van der Waals surface area contributed by atoms with Crippen LogP contribution in [0.2, 0.25) is 0 Å². The van der Waals surface area contributed by atoms with Gasteiger partial charge in [0.15, 0.2) is 5.82 Å². The van der Waals surface area contributed by atoms with E-state index >= 15 is 0 Å². The van der Waals surface area contributed by atoms with E-state index in [9.17, 15) is 9.90 Å². The summed E-state index contributed by atoms with van der Waals surface area (Å²) in [4.78, 5) is 23.2. The van der Waals surface area contributed by atoms with E-state index in [-0.39, 0.29) is 17.3 Å². The van der Waals surface area contributed by atoms with Gasteiger partial charge in [-0.1, -0.05) is 28.1 Å². The number of nitrogens with zero attached hydrogens (tertiary/aromatic N) is 2. The monoisotopic (exact) mass is 363 g/mol. The fourth-order valence-electron chi connectivity index (χ4n) is 1.93. The average molecular weight is 364 g/mol. The Morgan fingerprint density at radius 1 is 1.24 bits per heavy atom. The zero-order valence-corrected chi connectivity index (χ0v) is 13.3. The lowest BCUT2D eigenvalue weighted by atomic mass is 10.1. The molecule has 0 radical (unpaired) electrons. The average Bonchev–Trinajstić information content (AvgIpc) is 2.87. The van der Waals surface area contributed by atoms with Crippen LogP contribution in [0.15, 0.2) is 38.9 Å². The third kappa shape index (κ3) is 2.74. The molecule has 2 heterocycles. The molecule has 0 spiro atoms. The molecule has 0 atom stereocenters. The molecular weight excluding hydrogens is 354 g/mol. The lowest BCUT2D eigenvalue weighted by Crippen LogP contribution is -2.12. The minimum atomic E-state index is -0.398. The predicted octanol–water partition coefficient (Wildman–Crippen LogP) is 3.34. The molecule has 0 unspecified atom stereocenters. The van der Waals surface area contributed by atoms with Crippen molar-refractivity contribution >= 4 is 27.3 Å². The fraction of sp³-hybridized carbons (Fsp3) is 0.0714. The number of nitrogens with one attached hydrogen (secondary N) is 1. The van der Waals surface area contributed by atoms with Gasteiger partial charge in [0.1, 0.15) is 11.3 Å². The number of benzene rings is 1. The standard InChI is InChI=1S/C14H10BrN3O2S/c1-7-16-10(6-21-7)12-17-13(19)11(14(20)18-12)8-2-4-9(15)5-3-8/h2-6H,1H3,(H2,17,18,19,20). The van der Waals surface area contributed by atoms with E-state index in [0.717, 1.165) is 9.48 Å². The molecule has 5 nitrogen and oxygen atoms in total. The number of hydrogen-bond donors (Lipinski definition) is 2. The minimum Gasteiger partial charge on any atom is -0.493 e. The molecule has 0 aliphatic heterocycles. The first-order valence-electron chi connectivity index (χ1n) is 6.06. The first kappa shape index (κ1) is 14.0. The normalized spacial score (nSPS) is 10.8. The molecule has 0 aliphatic rings. The molecule has 0 aliphatic carbocycles. The maximum absolute atomic E-state index is 12.2. The van der Waals surface area contributed by atoms with Gasteiger partial charge in [-0.25, -0.2) is 4.98 Å². The van der Waals surface area contributed by atoms with Crippen LogP contribution in [0.25, 0.3) is 22.6 Å². The topological polar surface area (TPSA) is 78.9 Å².